The molecule has 0 aliphatic rings. The van der Waals surface area contributed by atoms with E-state index in [0.29, 0.717) is 23.9 Å². The van der Waals surface area contributed by atoms with Crippen molar-refractivity contribution in [1.82, 2.24) is 20.5 Å². The van der Waals surface area contributed by atoms with Crippen LogP contribution >= 0.6 is 0 Å². The minimum absolute atomic E-state index is 0.0937. The number of hydrogen-bond acceptors (Lipinski definition) is 5. The van der Waals surface area contributed by atoms with Crippen LogP contribution in [0.4, 0.5) is 0 Å². The highest BCUT2D eigenvalue weighted by atomic mass is 16.4. The van der Waals surface area contributed by atoms with Gasteiger partial charge in [-0.3, -0.25) is 9.78 Å². The predicted molar refractivity (Wildman–Crippen MR) is 79.5 cm³/mol. The number of benzene rings is 1. The highest BCUT2D eigenvalue weighted by Gasteiger charge is 2.10. The molecule has 0 spiro atoms. The third-order valence-electron chi connectivity index (χ3n) is 3.00. The Labute approximate surface area is 127 Å². The summed E-state index contributed by atoms with van der Waals surface area (Å²) in [5.74, 6) is 0.596. The van der Waals surface area contributed by atoms with Crippen LogP contribution in [0.25, 0.3) is 11.6 Å². The maximum atomic E-state index is 11.8. The molecule has 110 valence electrons. The van der Waals surface area contributed by atoms with E-state index in [9.17, 15) is 4.79 Å². The van der Waals surface area contributed by atoms with E-state index in [0.717, 1.165) is 5.56 Å². The van der Waals surface area contributed by atoms with Crippen molar-refractivity contribution in [2.45, 2.75) is 13.0 Å². The predicted octanol–water partition coefficient (Wildman–Crippen LogP) is 1.99. The molecule has 0 aliphatic heterocycles. The van der Waals surface area contributed by atoms with Gasteiger partial charge in [0.1, 0.15) is 5.69 Å². The summed E-state index contributed by atoms with van der Waals surface area (Å²) in [6.07, 6.45) is 1.98. The van der Waals surface area contributed by atoms with Gasteiger partial charge in [0.05, 0.1) is 13.0 Å². The van der Waals surface area contributed by atoms with Crippen molar-refractivity contribution in [1.29, 1.82) is 0 Å². The molecule has 6 heteroatoms. The molecule has 2 heterocycles. The molecule has 3 rings (SSSR count). The lowest BCUT2D eigenvalue weighted by Gasteiger charge is -2.02. The number of amides is 1. The molecule has 0 aliphatic carbocycles. The van der Waals surface area contributed by atoms with Crippen LogP contribution in [0.1, 0.15) is 11.5 Å². The number of nitrogens with one attached hydrogen (secondary N) is 1. The summed E-state index contributed by atoms with van der Waals surface area (Å²) >= 11 is 0. The Kier molecular flexibility index (Phi) is 4.20. The van der Waals surface area contributed by atoms with E-state index >= 15 is 0 Å². The van der Waals surface area contributed by atoms with Gasteiger partial charge in [-0.2, -0.15) is 0 Å². The second-order valence-electron chi connectivity index (χ2n) is 4.66. The number of pyridine rings is 1. The average Bonchev–Trinajstić information content (AvgIpc) is 3.04. The Bertz CT molecular complexity index is 741. The number of rotatable bonds is 5. The molecule has 1 aromatic carbocycles. The Hall–Kier alpha value is -3.02. The number of carbonyl (C=O) groups excluding carboxylic acids is 1. The molecule has 2 aromatic heterocycles. The first-order valence-corrected chi connectivity index (χ1v) is 6.85. The summed E-state index contributed by atoms with van der Waals surface area (Å²) in [5.41, 5.74) is 1.57. The normalized spacial score (nSPS) is 10.4. The lowest BCUT2D eigenvalue weighted by atomic mass is 10.1. The maximum Gasteiger partial charge on any atom is 0.266 e. The van der Waals surface area contributed by atoms with E-state index in [-0.39, 0.29) is 12.5 Å². The molecule has 0 radical (unpaired) electrons. The first kappa shape index (κ1) is 13.9. The molecular formula is C16H14N4O2. The fourth-order valence-electron chi connectivity index (χ4n) is 1.94. The van der Waals surface area contributed by atoms with Gasteiger partial charge in [0.2, 0.25) is 11.8 Å². The number of aromatic nitrogens is 3. The van der Waals surface area contributed by atoms with Gasteiger partial charge in [0.25, 0.3) is 5.89 Å². The van der Waals surface area contributed by atoms with E-state index in [2.05, 4.69) is 20.5 Å². The zero-order valence-corrected chi connectivity index (χ0v) is 11.8. The van der Waals surface area contributed by atoms with Crippen molar-refractivity contribution in [3.8, 4) is 11.6 Å². The van der Waals surface area contributed by atoms with Crippen molar-refractivity contribution >= 4 is 5.91 Å². The summed E-state index contributed by atoms with van der Waals surface area (Å²) in [4.78, 5) is 16.0. The lowest BCUT2D eigenvalue weighted by molar-refractivity contribution is -0.120. The summed E-state index contributed by atoms with van der Waals surface area (Å²) in [6, 6.07) is 15.0. The fraction of sp³-hybridized carbons (Fsp3) is 0.125. The Morgan fingerprint density at radius 3 is 2.64 bits per heavy atom. The maximum absolute atomic E-state index is 11.8. The van der Waals surface area contributed by atoms with Crippen LogP contribution in [-0.4, -0.2) is 21.1 Å². The number of hydrogen-bond donors (Lipinski definition) is 1. The van der Waals surface area contributed by atoms with Gasteiger partial charge in [-0.25, -0.2) is 0 Å². The Morgan fingerprint density at radius 1 is 1.05 bits per heavy atom. The van der Waals surface area contributed by atoms with Crippen LogP contribution in [0.15, 0.2) is 59.1 Å². The molecule has 0 unspecified atom stereocenters. The minimum atomic E-state index is -0.0937. The monoisotopic (exact) mass is 294 g/mol. The van der Waals surface area contributed by atoms with Crippen LogP contribution in [-0.2, 0) is 17.8 Å². The standard InChI is InChI=1S/C16H14N4O2/c21-14(10-12-6-2-1-3-7-12)18-11-15-19-20-16(22-15)13-8-4-5-9-17-13/h1-9H,10-11H2,(H,18,21). The zero-order chi connectivity index (χ0) is 15.2. The summed E-state index contributed by atoms with van der Waals surface area (Å²) in [5, 5.41) is 10.6. The summed E-state index contributed by atoms with van der Waals surface area (Å²) < 4.78 is 5.47. The molecular weight excluding hydrogens is 280 g/mol. The lowest BCUT2D eigenvalue weighted by Crippen LogP contribution is -2.24. The van der Waals surface area contributed by atoms with E-state index in [4.69, 9.17) is 4.42 Å². The highest BCUT2D eigenvalue weighted by molar-refractivity contribution is 5.78. The van der Waals surface area contributed by atoms with Crippen molar-refractivity contribution in [2.75, 3.05) is 0 Å². The van der Waals surface area contributed by atoms with Crippen molar-refractivity contribution < 1.29 is 9.21 Å². The molecule has 0 atom stereocenters. The topological polar surface area (TPSA) is 80.9 Å². The number of carbonyl (C=O) groups is 1. The van der Waals surface area contributed by atoms with E-state index in [1.54, 1.807) is 12.3 Å². The zero-order valence-electron chi connectivity index (χ0n) is 11.8. The molecule has 1 N–H and O–H groups in total. The SMILES string of the molecule is O=C(Cc1ccccc1)NCc1nnc(-c2ccccn2)o1. The molecule has 1 amide bonds. The quantitative estimate of drug-likeness (QED) is 0.778. The van der Waals surface area contributed by atoms with Crippen molar-refractivity contribution in [2.24, 2.45) is 0 Å². The van der Waals surface area contributed by atoms with Crippen LogP contribution in [0, 0.1) is 0 Å². The van der Waals surface area contributed by atoms with Gasteiger partial charge in [0, 0.05) is 6.20 Å². The Morgan fingerprint density at radius 2 is 1.86 bits per heavy atom. The highest BCUT2D eigenvalue weighted by Crippen LogP contribution is 2.13. The molecule has 0 bridgehead atoms. The largest absolute Gasteiger partial charge is 0.417 e. The van der Waals surface area contributed by atoms with Gasteiger partial charge in [-0.05, 0) is 17.7 Å². The average molecular weight is 294 g/mol. The number of nitrogens with zero attached hydrogens (tertiary/aromatic N) is 3. The van der Waals surface area contributed by atoms with Crippen LogP contribution < -0.4 is 5.32 Å². The van der Waals surface area contributed by atoms with Gasteiger partial charge < -0.3 is 9.73 Å². The molecule has 0 saturated heterocycles. The molecule has 0 fully saturated rings. The molecule has 6 nitrogen and oxygen atoms in total. The van der Waals surface area contributed by atoms with E-state index in [1.165, 1.54) is 0 Å². The Balaban J connectivity index is 1.56. The first-order chi connectivity index (χ1) is 10.8. The first-order valence-electron chi connectivity index (χ1n) is 6.85. The van der Waals surface area contributed by atoms with E-state index < -0.39 is 0 Å². The second kappa shape index (κ2) is 6.62. The van der Waals surface area contributed by atoms with Gasteiger partial charge >= 0.3 is 0 Å². The summed E-state index contributed by atoms with van der Waals surface area (Å²) in [6.45, 7) is 0.200. The smallest absolute Gasteiger partial charge is 0.266 e. The minimum Gasteiger partial charge on any atom is -0.417 e. The molecule has 0 saturated carbocycles. The van der Waals surface area contributed by atoms with Crippen molar-refractivity contribution in [3.63, 3.8) is 0 Å². The van der Waals surface area contributed by atoms with Gasteiger partial charge in [-0.15, -0.1) is 10.2 Å². The molecule has 22 heavy (non-hydrogen) atoms. The van der Waals surface area contributed by atoms with Gasteiger partial charge in [-0.1, -0.05) is 36.4 Å². The van der Waals surface area contributed by atoms with Crippen LogP contribution in [0.2, 0.25) is 0 Å². The third-order valence-corrected chi connectivity index (χ3v) is 3.00. The summed E-state index contributed by atoms with van der Waals surface area (Å²) in [7, 11) is 0. The molecule has 3 aromatic rings. The van der Waals surface area contributed by atoms with Crippen molar-refractivity contribution in [3.05, 3.63) is 66.2 Å². The van der Waals surface area contributed by atoms with E-state index in [1.807, 2.05) is 42.5 Å². The van der Waals surface area contributed by atoms with Gasteiger partial charge in [0.15, 0.2) is 0 Å². The van der Waals surface area contributed by atoms with Crippen LogP contribution in [0.5, 0.6) is 0 Å². The fourth-order valence-corrected chi connectivity index (χ4v) is 1.94. The third kappa shape index (κ3) is 3.54. The van der Waals surface area contributed by atoms with Crippen LogP contribution in [0.3, 0.4) is 0 Å². The second-order valence-corrected chi connectivity index (χ2v) is 4.66.